The molecule has 0 atom stereocenters. The Bertz CT molecular complexity index is 824. The molecule has 142 valence electrons. The summed E-state index contributed by atoms with van der Waals surface area (Å²) < 4.78 is 11.0. The summed E-state index contributed by atoms with van der Waals surface area (Å²) in [4.78, 5) is 26.7. The van der Waals surface area contributed by atoms with Crippen LogP contribution in [0.4, 0.5) is 4.79 Å². The number of carbonyl (C=O) groups excluding carboxylic acids is 2. The van der Waals surface area contributed by atoms with Crippen molar-refractivity contribution < 1.29 is 19.1 Å². The average molecular weight is 367 g/mol. The van der Waals surface area contributed by atoms with Crippen LogP contribution >= 0.6 is 0 Å². The van der Waals surface area contributed by atoms with Gasteiger partial charge in [0, 0.05) is 6.54 Å². The summed E-state index contributed by atoms with van der Waals surface area (Å²) in [6.45, 7) is 6.67. The number of hydrogen-bond donors (Lipinski definition) is 0. The summed E-state index contributed by atoms with van der Waals surface area (Å²) >= 11 is 0. The molecule has 5 heteroatoms. The number of amides is 1. The summed E-state index contributed by atoms with van der Waals surface area (Å²) in [6, 6.07) is 15.2. The minimum absolute atomic E-state index is 0.221. The molecule has 0 saturated heterocycles. The summed E-state index contributed by atoms with van der Waals surface area (Å²) in [5, 5.41) is 0. The second kappa shape index (κ2) is 7.82. The lowest BCUT2D eigenvalue weighted by atomic mass is 9.95. The van der Waals surface area contributed by atoms with E-state index in [1.165, 1.54) is 0 Å². The predicted octanol–water partition coefficient (Wildman–Crippen LogP) is 4.34. The van der Waals surface area contributed by atoms with Gasteiger partial charge in [0.25, 0.3) is 0 Å². The number of rotatable bonds is 3. The molecule has 0 unspecified atom stereocenters. The third-order valence-electron chi connectivity index (χ3n) is 4.36. The topological polar surface area (TPSA) is 55.8 Å². The number of nitrogens with zero attached hydrogens (tertiary/aromatic N) is 1. The molecular weight excluding hydrogens is 342 g/mol. The Morgan fingerprint density at radius 3 is 2.48 bits per heavy atom. The molecule has 0 aliphatic carbocycles. The molecule has 1 amide bonds. The van der Waals surface area contributed by atoms with Gasteiger partial charge >= 0.3 is 12.1 Å². The van der Waals surface area contributed by atoms with E-state index in [1.807, 2.05) is 63.2 Å². The Labute approximate surface area is 159 Å². The lowest BCUT2D eigenvalue weighted by molar-refractivity contribution is 0.0219. The maximum Gasteiger partial charge on any atom is 0.410 e. The van der Waals surface area contributed by atoms with Gasteiger partial charge < -0.3 is 14.4 Å². The Morgan fingerprint density at radius 1 is 1.04 bits per heavy atom. The molecule has 1 aliphatic rings. The second-order valence-electron chi connectivity index (χ2n) is 7.66. The van der Waals surface area contributed by atoms with Gasteiger partial charge in [-0.1, -0.05) is 42.5 Å². The van der Waals surface area contributed by atoms with Crippen LogP contribution in [-0.2, 0) is 29.0 Å². The zero-order valence-electron chi connectivity index (χ0n) is 16.0. The quantitative estimate of drug-likeness (QED) is 0.758. The van der Waals surface area contributed by atoms with Crippen molar-refractivity contribution in [2.45, 2.75) is 45.9 Å². The van der Waals surface area contributed by atoms with Gasteiger partial charge in [-0.25, -0.2) is 9.59 Å². The molecule has 2 aromatic rings. The zero-order valence-corrected chi connectivity index (χ0v) is 16.0. The van der Waals surface area contributed by atoms with Crippen molar-refractivity contribution in [3.05, 3.63) is 70.8 Å². The first-order valence-corrected chi connectivity index (χ1v) is 9.13. The van der Waals surface area contributed by atoms with Gasteiger partial charge in [-0.2, -0.15) is 0 Å². The summed E-state index contributed by atoms with van der Waals surface area (Å²) in [6.07, 6.45) is 0.328. The van der Waals surface area contributed by atoms with Crippen molar-refractivity contribution in [2.24, 2.45) is 0 Å². The van der Waals surface area contributed by atoms with E-state index in [9.17, 15) is 9.59 Å². The molecule has 0 N–H and O–H groups in total. The highest BCUT2D eigenvalue weighted by Gasteiger charge is 2.28. The summed E-state index contributed by atoms with van der Waals surface area (Å²) in [7, 11) is 0. The summed E-state index contributed by atoms with van der Waals surface area (Å²) in [5.74, 6) is -0.373. The number of benzene rings is 2. The van der Waals surface area contributed by atoms with Crippen LogP contribution in [0.3, 0.4) is 0 Å². The third kappa shape index (κ3) is 4.88. The van der Waals surface area contributed by atoms with E-state index >= 15 is 0 Å². The van der Waals surface area contributed by atoms with Crippen LogP contribution in [0.1, 0.15) is 47.8 Å². The SMILES string of the molecule is CC(C)(C)OC(=O)N1CCc2cccc(C(=O)OCc3ccccc3)c2C1. The first kappa shape index (κ1) is 19.0. The van der Waals surface area contributed by atoms with E-state index in [1.54, 1.807) is 11.0 Å². The molecule has 0 bridgehead atoms. The lowest BCUT2D eigenvalue weighted by Gasteiger charge is -2.32. The average Bonchev–Trinajstić information content (AvgIpc) is 2.64. The second-order valence-corrected chi connectivity index (χ2v) is 7.66. The van der Waals surface area contributed by atoms with Crippen LogP contribution in [0.2, 0.25) is 0 Å². The number of ether oxygens (including phenoxy) is 2. The van der Waals surface area contributed by atoms with Crippen molar-refractivity contribution in [1.82, 2.24) is 4.90 Å². The Hall–Kier alpha value is -2.82. The van der Waals surface area contributed by atoms with Crippen molar-refractivity contribution in [1.29, 1.82) is 0 Å². The Balaban J connectivity index is 1.73. The van der Waals surface area contributed by atoms with E-state index in [0.29, 0.717) is 25.1 Å². The first-order chi connectivity index (χ1) is 12.8. The lowest BCUT2D eigenvalue weighted by Crippen LogP contribution is -2.40. The van der Waals surface area contributed by atoms with E-state index in [4.69, 9.17) is 9.47 Å². The standard InChI is InChI=1S/C22H25NO4/c1-22(2,3)27-21(25)23-13-12-17-10-7-11-18(19(17)14-23)20(24)26-15-16-8-5-4-6-9-16/h4-11H,12-15H2,1-3H3. The smallest absolute Gasteiger partial charge is 0.410 e. The van der Waals surface area contributed by atoms with E-state index < -0.39 is 5.60 Å². The minimum Gasteiger partial charge on any atom is -0.457 e. The number of fused-ring (bicyclic) bond motifs is 1. The first-order valence-electron chi connectivity index (χ1n) is 9.13. The van der Waals surface area contributed by atoms with E-state index in [0.717, 1.165) is 16.7 Å². The molecule has 0 spiro atoms. The molecule has 3 rings (SSSR count). The fourth-order valence-electron chi connectivity index (χ4n) is 3.06. The van der Waals surface area contributed by atoms with Crippen LogP contribution in [0.15, 0.2) is 48.5 Å². The highest BCUT2D eigenvalue weighted by molar-refractivity contribution is 5.91. The fourth-order valence-corrected chi connectivity index (χ4v) is 3.06. The zero-order chi connectivity index (χ0) is 19.4. The van der Waals surface area contributed by atoms with Crippen LogP contribution in [0.5, 0.6) is 0 Å². The van der Waals surface area contributed by atoms with Gasteiger partial charge in [-0.15, -0.1) is 0 Å². The van der Waals surface area contributed by atoms with Gasteiger partial charge in [0.15, 0.2) is 0 Å². The molecular formula is C22H25NO4. The molecule has 1 aliphatic heterocycles. The molecule has 5 nitrogen and oxygen atoms in total. The van der Waals surface area contributed by atoms with Crippen LogP contribution in [0, 0.1) is 0 Å². The van der Waals surface area contributed by atoms with Crippen molar-refractivity contribution >= 4 is 12.1 Å². The van der Waals surface area contributed by atoms with Gasteiger partial charge in [0.05, 0.1) is 12.1 Å². The number of hydrogen-bond acceptors (Lipinski definition) is 4. The minimum atomic E-state index is -0.550. The Kier molecular flexibility index (Phi) is 5.49. The molecule has 0 radical (unpaired) electrons. The van der Waals surface area contributed by atoms with Crippen LogP contribution in [-0.4, -0.2) is 29.1 Å². The maximum absolute atomic E-state index is 12.6. The molecule has 2 aromatic carbocycles. The van der Waals surface area contributed by atoms with Gasteiger partial charge in [0.1, 0.15) is 12.2 Å². The van der Waals surface area contributed by atoms with Gasteiger partial charge in [-0.05, 0) is 49.9 Å². The van der Waals surface area contributed by atoms with Crippen LogP contribution in [0.25, 0.3) is 0 Å². The van der Waals surface area contributed by atoms with E-state index in [-0.39, 0.29) is 18.7 Å². The highest BCUT2D eigenvalue weighted by atomic mass is 16.6. The van der Waals surface area contributed by atoms with Crippen molar-refractivity contribution in [3.63, 3.8) is 0 Å². The van der Waals surface area contributed by atoms with Gasteiger partial charge in [-0.3, -0.25) is 0 Å². The molecule has 0 saturated carbocycles. The highest BCUT2D eigenvalue weighted by Crippen LogP contribution is 2.25. The van der Waals surface area contributed by atoms with Crippen molar-refractivity contribution in [3.8, 4) is 0 Å². The summed E-state index contributed by atoms with van der Waals surface area (Å²) in [5.41, 5.74) is 2.81. The van der Waals surface area contributed by atoms with E-state index in [2.05, 4.69) is 0 Å². The Morgan fingerprint density at radius 2 is 1.78 bits per heavy atom. The maximum atomic E-state index is 12.6. The largest absolute Gasteiger partial charge is 0.457 e. The van der Waals surface area contributed by atoms with Crippen molar-refractivity contribution in [2.75, 3.05) is 6.54 Å². The molecule has 27 heavy (non-hydrogen) atoms. The molecule has 0 aromatic heterocycles. The molecule has 0 fully saturated rings. The monoisotopic (exact) mass is 367 g/mol. The van der Waals surface area contributed by atoms with Gasteiger partial charge in [0.2, 0.25) is 0 Å². The molecule has 1 heterocycles. The van der Waals surface area contributed by atoms with Crippen LogP contribution < -0.4 is 0 Å². The fraction of sp³-hybridized carbons (Fsp3) is 0.364. The number of esters is 1. The number of carbonyl (C=O) groups is 2. The predicted molar refractivity (Wildman–Crippen MR) is 102 cm³/mol. The third-order valence-corrected chi connectivity index (χ3v) is 4.36. The normalized spacial score (nSPS) is 13.7.